The predicted molar refractivity (Wildman–Crippen MR) is 129 cm³/mol. The average Bonchev–Trinajstić information content (AvgIpc) is 3.46. The summed E-state index contributed by atoms with van der Waals surface area (Å²) in [5, 5.41) is 3.92. The van der Waals surface area contributed by atoms with Crippen LogP contribution in [0.3, 0.4) is 0 Å². The number of benzene rings is 3. The number of aryl methyl sites for hydroxylation is 1. The average molecular weight is 456 g/mol. The Morgan fingerprint density at radius 2 is 1.67 bits per heavy atom. The molecule has 0 aliphatic carbocycles. The summed E-state index contributed by atoms with van der Waals surface area (Å²) >= 11 is 1.73. The Kier molecular flexibility index (Phi) is 5.95. The molecule has 3 aromatic carbocycles. The number of thioether (sulfide) groups is 1. The highest BCUT2D eigenvalue weighted by Crippen LogP contribution is 2.32. The highest BCUT2D eigenvalue weighted by molar-refractivity contribution is 7.99. The van der Waals surface area contributed by atoms with Crippen molar-refractivity contribution in [2.45, 2.75) is 11.7 Å². The Hall–Kier alpha value is -3.84. The van der Waals surface area contributed by atoms with Crippen LogP contribution in [0.1, 0.15) is 15.9 Å². The second-order valence-corrected chi connectivity index (χ2v) is 8.61. The van der Waals surface area contributed by atoms with Gasteiger partial charge in [0.25, 0.3) is 5.91 Å². The highest BCUT2D eigenvalue weighted by Gasteiger charge is 2.17. The number of carbonyl (C=O) groups is 2. The van der Waals surface area contributed by atoms with Gasteiger partial charge in [0.2, 0.25) is 0 Å². The van der Waals surface area contributed by atoms with E-state index < -0.39 is 0 Å². The van der Waals surface area contributed by atoms with E-state index in [0.29, 0.717) is 22.6 Å². The van der Waals surface area contributed by atoms with Gasteiger partial charge >= 0.3 is 0 Å². The Balaban J connectivity index is 1.21. The summed E-state index contributed by atoms with van der Waals surface area (Å²) < 4.78 is 7.76. The minimum absolute atomic E-state index is 0.0554. The molecule has 6 nitrogen and oxygen atoms in total. The number of anilines is 1. The molecule has 1 aliphatic heterocycles. The molecular weight excluding hydrogens is 434 g/mol. The first-order chi connectivity index (χ1) is 16.2. The lowest BCUT2D eigenvalue weighted by molar-refractivity contribution is -0.118. The number of ketones is 1. The number of rotatable bonds is 7. The lowest BCUT2D eigenvalue weighted by Gasteiger charge is -2.11. The van der Waals surface area contributed by atoms with E-state index in [1.807, 2.05) is 48.7 Å². The Morgan fingerprint density at radius 3 is 2.45 bits per heavy atom. The molecular formula is C26H21N3O3S. The van der Waals surface area contributed by atoms with Gasteiger partial charge in [-0.1, -0.05) is 60.3 Å². The van der Waals surface area contributed by atoms with Gasteiger partial charge in [0.15, 0.2) is 17.5 Å². The van der Waals surface area contributed by atoms with Crippen LogP contribution in [0.4, 0.5) is 5.69 Å². The number of carbonyl (C=O) groups excluding carboxylic acids is 2. The fraction of sp³-hybridized carbons (Fsp3) is 0.115. The number of imidazole rings is 1. The maximum atomic E-state index is 12.5. The topological polar surface area (TPSA) is 73.2 Å². The first-order valence-electron chi connectivity index (χ1n) is 10.6. The molecule has 4 aromatic rings. The van der Waals surface area contributed by atoms with Crippen LogP contribution in [0, 0.1) is 0 Å². The highest BCUT2D eigenvalue weighted by atomic mass is 32.2. The number of para-hydroxylation sites is 1. The molecule has 0 saturated heterocycles. The van der Waals surface area contributed by atoms with Crippen LogP contribution in [0.5, 0.6) is 5.75 Å². The van der Waals surface area contributed by atoms with Crippen LogP contribution < -0.4 is 10.1 Å². The van der Waals surface area contributed by atoms with E-state index in [4.69, 9.17) is 4.74 Å². The van der Waals surface area contributed by atoms with E-state index in [0.717, 1.165) is 28.7 Å². The molecule has 0 atom stereocenters. The van der Waals surface area contributed by atoms with Gasteiger partial charge in [-0.15, -0.1) is 0 Å². The Labute approximate surface area is 195 Å². The minimum Gasteiger partial charge on any atom is -0.484 e. The number of hydrogen-bond donors (Lipinski definition) is 1. The van der Waals surface area contributed by atoms with Crippen molar-refractivity contribution in [1.82, 2.24) is 9.55 Å². The van der Waals surface area contributed by atoms with Gasteiger partial charge in [0, 0.05) is 35.2 Å². The SMILES string of the molecule is O=C(COc1ccc(C(=O)c2ccccc2)cc1)Nc1ccccc1-c1cn2c(n1)SCC2. The summed E-state index contributed by atoms with van der Waals surface area (Å²) in [5.74, 6) is 1.23. The van der Waals surface area contributed by atoms with Crippen molar-refractivity contribution in [3.8, 4) is 17.0 Å². The maximum absolute atomic E-state index is 12.5. The lowest BCUT2D eigenvalue weighted by Crippen LogP contribution is -2.20. The van der Waals surface area contributed by atoms with E-state index in [1.165, 1.54) is 0 Å². The van der Waals surface area contributed by atoms with Gasteiger partial charge < -0.3 is 14.6 Å². The molecule has 0 fully saturated rings. The number of ether oxygens (including phenoxy) is 1. The number of nitrogens with one attached hydrogen (secondary N) is 1. The third kappa shape index (κ3) is 4.68. The first-order valence-corrected chi connectivity index (χ1v) is 11.6. The predicted octanol–water partition coefficient (Wildman–Crippen LogP) is 4.90. The van der Waals surface area contributed by atoms with Crippen molar-refractivity contribution >= 4 is 29.1 Å². The second-order valence-electron chi connectivity index (χ2n) is 7.55. The molecule has 1 N–H and O–H groups in total. The van der Waals surface area contributed by atoms with Crippen molar-refractivity contribution in [2.75, 3.05) is 17.7 Å². The lowest BCUT2D eigenvalue weighted by atomic mass is 10.0. The van der Waals surface area contributed by atoms with Gasteiger partial charge in [0.05, 0.1) is 11.4 Å². The smallest absolute Gasteiger partial charge is 0.262 e. The molecule has 33 heavy (non-hydrogen) atoms. The number of fused-ring (bicyclic) bond motifs is 1. The van der Waals surface area contributed by atoms with Gasteiger partial charge in [0.1, 0.15) is 5.75 Å². The van der Waals surface area contributed by atoms with Crippen LogP contribution in [-0.2, 0) is 11.3 Å². The minimum atomic E-state index is -0.270. The molecule has 0 saturated carbocycles. The molecule has 2 heterocycles. The molecule has 0 unspecified atom stereocenters. The van der Waals surface area contributed by atoms with E-state index in [2.05, 4.69) is 14.9 Å². The summed E-state index contributed by atoms with van der Waals surface area (Å²) in [6.07, 6.45) is 2.02. The second kappa shape index (κ2) is 9.34. The quantitative estimate of drug-likeness (QED) is 0.401. The number of amides is 1. The normalized spacial score (nSPS) is 12.2. The van der Waals surface area contributed by atoms with Crippen molar-refractivity contribution in [3.63, 3.8) is 0 Å². The van der Waals surface area contributed by atoms with E-state index in [1.54, 1.807) is 48.2 Å². The van der Waals surface area contributed by atoms with Gasteiger partial charge in [-0.3, -0.25) is 9.59 Å². The molecule has 0 bridgehead atoms. The Morgan fingerprint density at radius 1 is 0.939 bits per heavy atom. The fourth-order valence-corrected chi connectivity index (χ4v) is 4.59. The summed E-state index contributed by atoms with van der Waals surface area (Å²) in [6.45, 7) is 0.807. The zero-order valence-electron chi connectivity index (χ0n) is 17.7. The number of aromatic nitrogens is 2. The fourth-order valence-electron chi connectivity index (χ4n) is 3.65. The standard InChI is InChI=1S/C26H21N3O3S/c30-24(17-32-20-12-10-19(11-13-20)25(31)18-6-2-1-3-7-18)27-22-9-5-4-8-21(22)23-16-29-14-15-33-26(29)28-23/h1-13,16H,14-15,17H2,(H,27,30). The van der Waals surface area contributed by atoms with Crippen LogP contribution in [0.15, 0.2) is 90.2 Å². The molecule has 0 spiro atoms. The van der Waals surface area contributed by atoms with E-state index in [9.17, 15) is 9.59 Å². The summed E-state index contributed by atoms with van der Waals surface area (Å²) in [4.78, 5) is 29.7. The molecule has 1 amide bonds. The summed E-state index contributed by atoms with van der Waals surface area (Å²) in [6, 6.07) is 23.5. The molecule has 5 rings (SSSR count). The molecule has 7 heteroatoms. The van der Waals surface area contributed by atoms with Crippen molar-refractivity contribution in [2.24, 2.45) is 0 Å². The zero-order valence-corrected chi connectivity index (χ0v) is 18.5. The monoisotopic (exact) mass is 455 g/mol. The van der Waals surface area contributed by atoms with Crippen molar-refractivity contribution in [3.05, 3.63) is 96.2 Å². The largest absolute Gasteiger partial charge is 0.484 e. The number of hydrogen-bond acceptors (Lipinski definition) is 5. The van der Waals surface area contributed by atoms with Crippen LogP contribution in [0.25, 0.3) is 11.3 Å². The van der Waals surface area contributed by atoms with Crippen molar-refractivity contribution < 1.29 is 14.3 Å². The van der Waals surface area contributed by atoms with Crippen LogP contribution in [-0.4, -0.2) is 33.6 Å². The summed E-state index contributed by atoms with van der Waals surface area (Å²) in [7, 11) is 0. The third-order valence-electron chi connectivity index (χ3n) is 5.30. The summed E-state index contributed by atoms with van der Waals surface area (Å²) in [5.41, 5.74) is 3.60. The third-order valence-corrected chi connectivity index (χ3v) is 6.27. The Bertz CT molecular complexity index is 1280. The molecule has 0 radical (unpaired) electrons. The van der Waals surface area contributed by atoms with Gasteiger partial charge in [-0.05, 0) is 30.3 Å². The van der Waals surface area contributed by atoms with Crippen molar-refractivity contribution in [1.29, 1.82) is 0 Å². The molecule has 1 aliphatic rings. The zero-order chi connectivity index (χ0) is 22.6. The van der Waals surface area contributed by atoms with E-state index >= 15 is 0 Å². The van der Waals surface area contributed by atoms with Gasteiger partial charge in [-0.25, -0.2) is 4.98 Å². The van der Waals surface area contributed by atoms with E-state index in [-0.39, 0.29) is 18.3 Å². The molecule has 164 valence electrons. The van der Waals surface area contributed by atoms with Crippen LogP contribution >= 0.6 is 11.8 Å². The first kappa shape index (κ1) is 21.0. The number of nitrogens with zero attached hydrogens (tertiary/aromatic N) is 2. The molecule has 1 aromatic heterocycles. The maximum Gasteiger partial charge on any atom is 0.262 e. The van der Waals surface area contributed by atoms with Crippen LogP contribution in [0.2, 0.25) is 0 Å². The van der Waals surface area contributed by atoms with Gasteiger partial charge in [-0.2, -0.15) is 0 Å².